The maximum atomic E-state index is 12.8. The summed E-state index contributed by atoms with van der Waals surface area (Å²) in [5.74, 6) is 0.256. The quantitative estimate of drug-likeness (QED) is 0.856. The van der Waals surface area contributed by atoms with Crippen LogP contribution in [-0.4, -0.2) is 36.9 Å². The van der Waals surface area contributed by atoms with E-state index in [0.29, 0.717) is 38.8 Å². The standard InChI is InChI=1S/C24H30N2O2/c1-4-22(27)26-14-12-24(13-15-26,23(28)25-3)17-19-8-10-20(11-9-19)21-7-5-6-18(2)16-21/h5-11,16H,4,12-15,17H2,1-3H3,(H,25,28). The van der Waals surface area contributed by atoms with Crippen LogP contribution in [0.25, 0.3) is 11.1 Å². The highest BCUT2D eigenvalue weighted by atomic mass is 16.2. The maximum absolute atomic E-state index is 12.8. The van der Waals surface area contributed by atoms with E-state index in [9.17, 15) is 9.59 Å². The molecule has 28 heavy (non-hydrogen) atoms. The highest BCUT2D eigenvalue weighted by Gasteiger charge is 2.41. The van der Waals surface area contributed by atoms with Gasteiger partial charge in [0.15, 0.2) is 0 Å². The Morgan fingerprint density at radius 3 is 2.29 bits per heavy atom. The van der Waals surface area contributed by atoms with Crippen molar-refractivity contribution in [1.82, 2.24) is 10.2 Å². The van der Waals surface area contributed by atoms with Crippen molar-refractivity contribution in [1.29, 1.82) is 0 Å². The molecule has 2 aromatic carbocycles. The third-order valence-corrected chi connectivity index (χ3v) is 5.93. The number of nitrogens with zero attached hydrogens (tertiary/aromatic N) is 1. The molecule has 1 aliphatic heterocycles. The van der Waals surface area contributed by atoms with Gasteiger partial charge in [-0.05, 0) is 42.9 Å². The number of rotatable bonds is 5. The van der Waals surface area contributed by atoms with Crippen LogP contribution in [0, 0.1) is 12.3 Å². The van der Waals surface area contributed by atoms with Crippen LogP contribution in [0.3, 0.4) is 0 Å². The van der Waals surface area contributed by atoms with Crippen LogP contribution in [-0.2, 0) is 16.0 Å². The Morgan fingerprint density at radius 2 is 1.71 bits per heavy atom. The van der Waals surface area contributed by atoms with Gasteiger partial charge in [-0.2, -0.15) is 0 Å². The molecule has 0 unspecified atom stereocenters. The molecule has 3 rings (SSSR count). The minimum atomic E-state index is -0.440. The van der Waals surface area contributed by atoms with E-state index in [1.165, 1.54) is 16.7 Å². The first-order chi connectivity index (χ1) is 13.5. The van der Waals surface area contributed by atoms with Crippen LogP contribution in [0.1, 0.15) is 37.3 Å². The van der Waals surface area contributed by atoms with Gasteiger partial charge in [-0.15, -0.1) is 0 Å². The van der Waals surface area contributed by atoms with Gasteiger partial charge in [0.05, 0.1) is 5.41 Å². The summed E-state index contributed by atoms with van der Waals surface area (Å²) in [5, 5.41) is 2.85. The van der Waals surface area contributed by atoms with E-state index >= 15 is 0 Å². The minimum Gasteiger partial charge on any atom is -0.359 e. The summed E-state index contributed by atoms with van der Waals surface area (Å²) < 4.78 is 0. The van der Waals surface area contributed by atoms with Crippen molar-refractivity contribution < 1.29 is 9.59 Å². The number of benzene rings is 2. The van der Waals surface area contributed by atoms with E-state index in [2.05, 4.69) is 60.8 Å². The van der Waals surface area contributed by atoms with E-state index in [1.807, 2.05) is 11.8 Å². The predicted octanol–water partition coefficient (Wildman–Crippen LogP) is 3.97. The molecule has 0 aliphatic carbocycles. The van der Waals surface area contributed by atoms with E-state index in [0.717, 1.165) is 5.56 Å². The molecule has 4 heteroatoms. The lowest BCUT2D eigenvalue weighted by Gasteiger charge is -2.40. The van der Waals surface area contributed by atoms with Gasteiger partial charge in [-0.1, -0.05) is 61.0 Å². The van der Waals surface area contributed by atoms with Crippen LogP contribution in [0.4, 0.5) is 0 Å². The summed E-state index contributed by atoms with van der Waals surface area (Å²) in [4.78, 5) is 26.6. The molecule has 1 fully saturated rings. The molecule has 0 saturated carbocycles. The molecule has 1 aliphatic rings. The van der Waals surface area contributed by atoms with E-state index in [-0.39, 0.29) is 11.8 Å². The summed E-state index contributed by atoms with van der Waals surface area (Å²) in [6, 6.07) is 17.0. The van der Waals surface area contributed by atoms with Crippen LogP contribution in [0.5, 0.6) is 0 Å². The molecule has 4 nitrogen and oxygen atoms in total. The van der Waals surface area contributed by atoms with Crippen molar-refractivity contribution in [2.75, 3.05) is 20.1 Å². The van der Waals surface area contributed by atoms with E-state index < -0.39 is 5.41 Å². The summed E-state index contributed by atoms with van der Waals surface area (Å²) >= 11 is 0. The first-order valence-corrected chi connectivity index (χ1v) is 10.1. The Morgan fingerprint density at radius 1 is 1.04 bits per heavy atom. The molecular formula is C24H30N2O2. The Kier molecular flexibility index (Phi) is 6.18. The Hall–Kier alpha value is -2.62. The van der Waals surface area contributed by atoms with Crippen molar-refractivity contribution in [2.24, 2.45) is 5.41 Å². The minimum absolute atomic E-state index is 0.0823. The number of nitrogens with one attached hydrogen (secondary N) is 1. The number of carbonyl (C=O) groups excluding carboxylic acids is 2. The highest BCUT2D eigenvalue weighted by Crippen LogP contribution is 2.36. The van der Waals surface area contributed by atoms with Crippen molar-refractivity contribution >= 4 is 11.8 Å². The average Bonchev–Trinajstić information content (AvgIpc) is 2.73. The summed E-state index contributed by atoms with van der Waals surface area (Å²) in [7, 11) is 1.70. The van der Waals surface area contributed by atoms with Gasteiger partial charge in [0.25, 0.3) is 0 Å². The largest absolute Gasteiger partial charge is 0.359 e. The summed E-state index contributed by atoms with van der Waals surface area (Å²) in [6.07, 6.45) is 2.64. The molecule has 0 radical (unpaired) electrons. The molecule has 1 heterocycles. The zero-order valence-electron chi connectivity index (χ0n) is 17.1. The number of likely N-dealkylation sites (tertiary alicyclic amines) is 1. The lowest BCUT2D eigenvalue weighted by Crippen LogP contribution is -2.50. The van der Waals surface area contributed by atoms with E-state index in [1.54, 1.807) is 7.05 Å². The lowest BCUT2D eigenvalue weighted by molar-refractivity contribution is -0.140. The van der Waals surface area contributed by atoms with Crippen LogP contribution in [0.2, 0.25) is 0 Å². The number of carbonyl (C=O) groups is 2. The molecule has 148 valence electrons. The molecule has 0 aromatic heterocycles. The lowest BCUT2D eigenvalue weighted by atomic mass is 9.73. The summed E-state index contributed by atoms with van der Waals surface area (Å²) in [6.45, 7) is 5.29. The second-order valence-corrected chi connectivity index (χ2v) is 7.84. The zero-order valence-corrected chi connectivity index (χ0v) is 17.1. The molecule has 2 aromatic rings. The molecule has 0 atom stereocenters. The van der Waals surface area contributed by atoms with Crippen LogP contribution < -0.4 is 5.32 Å². The Balaban J connectivity index is 1.77. The molecule has 0 spiro atoms. The fourth-order valence-electron chi connectivity index (χ4n) is 4.19. The van der Waals surface area contributed by atoms with Gasteiger partial charge in [0.2, 0.25) is 11.8 Å². The molecule has 1 saturated heterocycles. The van der Waals surface area contributed by atoms with Crippen molar-refractivity contribution in [2.45, 2.75) is 39.5 Å². The predicted molar refractivity (Wildman–Crippen MR) is 113 cm³/mol. The second-order valence-electron chi connectivity index (χ2n) is 7.84. The van der Waals surface area contributed by atoms with Crippen LogP contribution in [0.15, 0.2) is 48.5 Å². The first kappa shape index (κ1) is 20.1. The van der Waals surface area contributed by atoms with E-state index in [4.69, 9.17) is 0 Å². The zero-order chi connectivity index (χ0) is 20.1. The van der Waals surface area contributed by atoms with Crippen molar-refractivity contribution in [3.63, 3.8) is 0 Å². The monoisotopic (exact) mass is 378 g/mol. The normalized spacial score (nSPS) is 15.9. The van der Waals surface area contributed by atoms with Crippen molar-refractivity contribution in [3.8, 4) is 11.1 Å². The Labute approximate surface area is 167 Å². The number of piperidine rings is 1. The summed E-state index contributed by atoms with van der Waals surface area (Å²) in [5.41, 5.74) is 4.36. The Bertz CT molecular complexity index is 834. The maximum Gasteiger partial charge on any atom is 0.226 e. The SMILES string of the molecule is CCC(=O)N1CCC(Cc2ccc(-c3cccc(C)c3)cc2)(C(=O)NC)CC1. The fourth-order valence-corrected chi connectivity index (χ4v) is 4.19. The number of hydrogen-bond acceptors (Lipinski definition) is 2. The van der Waals surface area contributed by atoms with Gasteiger partial charge in [-0.25, -0.2) is 0 Å². The average molecular weight is 379 g/mol. The molecular weight excluding hydrogens is 348 g/mol. The van der Waals surface area contributed by atoms with Crippen molar-refractivity contribution in [3.05, 3.63) is 59.7 Å². The number of amides is 2. The van der Waals surface area contributed by atoms with Gasteiger partial charge < -0.3 is 10.2 Å². The fraction of sp³-hybridized carbons (Fsp3) is 0.417. The highest BCUT2D eigenvalue weighted by molar-refractivity contribution is 5.83. The second kappa shape index (κ2) is 8.59. The first-order valence-electron chi connectivity index (χ1n) is 10.1. The van der Waals surface area contributed by atoms with Gasteiger partial charge in [-0.3, -0.25) is 9.59 Å². The van der Waals surface area contributed by atoms with Gasteiger partial charge in [0.1, 0.15) is 0 Å². The third kappa shape index (κ3) is 4.27. The van der Waals surface area contributed by atoms with Crippen LogP contribution >= 0.6 is 0 Å². The third-order valence-electron chi connectivity index (χ3n) is 5.93. The molecule has 0 bridgehead atoms. The topological polar surface area (TPSA) is 49.4 Å². The molecule has 1 N–H and O–H groups in total. The van der Waals surface area contributed by atoms with Gasteiger partial charge in [0, 0.05) is 26.6 Å². The smallest absolute Gasteiger partial charge is 0.226 e. The van der Waals surface area contributed by atoms with Gasteiger partial charge >= 0.3 is 0 Å². The number of aryl methyl sites for hydroxylation is 1. The molecule has 2 amide bonds. The number of hydrogen-bond donors (Lipinski definition) is 1.